The second kappa shape index (κ2) is 6.16. The molecule has 116 valence electrons. The van der Waals surface area contributed by atoms with E-state index in [4.69, 9.17) is 9.31 Å². The van der Waals surface area contributed by atoms with Crippen LogP contribution < -0.4 is 5.46 Å². The zero-order valence-corrected chi connectivity index (χ0v) is 13.7. The van der Waals surface area contributed by atoms with Gasteiger partial charge in [-0.15, -0.1) is 0 Å². The average molecular weight is 300 g/mol. The van der Waals surface area contributed by atoms with Gasteiger partial charge < -0.3 is 14.0 Å². The molecule has 0 saturated carbocycles. The lowest BCUT2D eigenvalue weighted by Gasteiger charge is -2.32. The first kappa shape index (κ1) is 16.6. The second-order valence-electron chi connectivity index (χ2n) is 6.27. The molecular weight excluding hydrogens is 279 g/mol. The number of rotatable bonds is 2. The Hall–Kier alpha value is -1.77. The van der Waals surface area contributed by atoms with Crippen LogP contribution in [0.4, 0.5) is 0 Å². The molecule has 1 heterocycles. The quantitative estimate of drug-likeness (QED) is 0.475. The minimum absolute atomic E-state index is 0.0806. The van der Waals surface area contributed by atoms with Crippen molar-refractivity contribution in [2.75, 3.05) is 7.11 Å². The average Bonchev–Trinajstić information content (AvgIpc) is 2.67. The fourth-order valence-electron chi connectivity index (χ4n) is 2.03. The minimum Gasteiger partial charge on any atom is -0.468 e. The number of esters is 1. The van der Waals surface area contributed by atoms with Gasteiger partial charge in [-0.1, -0.05) is 24.0 Å². The maximum absolute atomic E-state index is 11.1. The van der Waals surface area contributed by atoms with Crippen molar-refractivity contribution in [3.05, 3.63) is 29.8 Å². The van der Waals surface area contributed by atoms with Crippen molar-refractivity contribution in [1.29, 1.82) is 0 Å². The summed E-state index contributed by atoms with van der Waals surface area (Å²) in [5.41, 5.74) is 0.994. The maximum atomic E-state index is 11.1. The first-order chi connectivity index (χ1) is 10.2. The van der Waals surface area contributed by atoms with Crippen molar-refractivity contribution in [2.24, 2.45) is 0 Å². The molecule has 0 aromatic heterocycles. The number of hydrogen-bond donors (Lipinski definition) is 0. The highest BCUT2D eigenvalue weighted by Crippen LogP contribution is 2.36. The highest BCUT2D eigenvalue weighted by Gasteiger charge is 2.51. The van der Waals surface area contributed by atoms with E-state index in [1.807, 2.05) is 52.0 Å². The third-order valence-corrected chi connectivity index (χ3v) is 4.11. The predicted molar refractivity (Wildman–Crippen MR) is 85.7 cm³/mol. The molecule has 0 unspecified atom stereocenters. The minimum atomic E-state index is -0.410. The molecule has 1 aromatic carbocycles. The summed E-state index contributed by atoms with van der Waals surface area (Å²) in [7, 11) is 0.940. The molecule has 0 spiro atoms. The van der Waals surface area contributed by atoms with Crippen molar-refractivity contribution in [3.63, 3.8) is 0 Å². The first-order valence-electron chi connectivity index (χ1n) is 7.26. The Morgan fingerprint density at radius 1 is 1.23 bits per heavy atom. The third kappa shape index (κ3) is 3.52. The fourth-order valence-corrected chi connectivity index (χ4v) is 2.03. The molecular formula is C17H21BO4. The fraction of sp³-hybridized carbons (Fsp3) is 0.471. The van der Waals surface area contributed by atoms with Crippen molar-refractivity contribution < 1.29 is 18.8 Å². The van der Waals surface area contributed by atoms with Crippen LogP contribution in [0.3, 0.4) is 0 Å². The molecule has 0 aliphatic carbocycles. The van der Waals surface area contributed by atoms with Crippen LogP contribution in [0.15, 0.2) is 24.3 Å². The molecule has 4 nitrogen and oxygen atoms in total. The van der Waals surface area contributed by atoms with E-state index in [-0.39, 0.29) is 23.6 Å². The maximum Gasteiger partial charge on any atom is 0.494 e. The largest absolute Gasteiger partial charge is 0.494 e. The van der Waals surface area contributed by atoms with Crippen LogP contribution >= 0.6 is 0 Å². The molecule has 2 rings (SSSR count). The lowest BCUT2D eigenvalue weighted by Crippen LogP contribution is -2.41. The van der Waals surface area contributed by atoms with Crippen LogP contribution in [0.2, 0.25) is 0 Å². The summed E-state index contributed by atoms with van der Waals surface area (Å²) in [5, 5.41) is 0. The lowest BCUT2D eigenvalue weighted by molar-refractivity contribution is -0.139. The van der Waals surface area contributed by atoms with Gasteiger partial charge in [0.25, 0.3) is 0 Å². The van der Waals surface area contributed by atoms with E-state index >= 15 is 0 Å². The molecule has 1 saturated heterocycles. The second-order valence-corrected chi connectivity index (χ2v) is 6.27. The van der Waals surface area contributed by atoms with Crippen LogP contribution in [-0.2, 0) is 18.8 Å². The van der Waals surface area contributed by atoms with Crippen LogP contribution in [0.25, 0.3) is 0 Å². The van der Waals surface area contributed by atoms with Gasteiger partial charge in [-0.25, -0.2) is 0 Å². The van der Waals surface area contributed by atoms with E-state index in [0.29, 0.717) is 0 Å². The Balaban J connectivity index is 2.15. The summed E-state index contributed by atoms with van der Waals surface area (Å²) >= 11 is 0. The number of ether oxygens (including phenoxy) is 1. The van der Waals surface area contributed by atoms with E-state index in [0.717, 1.165) is 11.0 Å². The van der Waals surface area contributed by atoms with E-state index in [2.05, 4.69) is 16.6 Å². The summed E-state index contributed by atoms with van der Waals surface area (Å²) in [6, 6.07) is 7.67. The highest BCUT2D eigenvalue weighted by molar-refractivity contribution is 6.62. The van der Waals surface area contributed by atoms with Gasteiger partial charge in [0.2, 0.25) is 0 Å². The summed E-state index contributed by atoms with van der Waals surface area (Å²) in [6.45, 7) is 8.08. The van der Waals surface area contributed by atoms with Crippen molar-refractivity contribution in [3.8, 4) is 11.8 Å². The lowest BCUT2D eigenvalue weighted by atomic mass is 9.78. The van der Waals surface area contributed by atoms with Crippen LogP contribution in [0, 0.1) is 11.8 Å². The SMILES string of the molecule is COC(=O)CC#Cc1cccc(B2OC(C)(C)C(C)(C)O2)c1. The van der Waals surface area contributed by atoms with Crippen molar-refractivity contribution in [1.82, 2.24) is 0 Å². The van der Waals surface area contributed by atoms with Crippen LogP contribution in [-0.4, -0.2) is 31.4 Å². The van der Waals surface area contributed by atoms with Crippen LogP contribution in [0.1, 0.15) is 39.7 Å². The third-order valence-electron chi connectivity index (χ3n) is 4.11. The molecule has 22 heavy (non-hydrogen) atoms. The normalized spacial score (nSPS) is 18.5. The number of benzene rings is 1. The Bertz CT molecular complexity index is 609. The molecule has 1 fully saturated rings. The molecule has 0 atom stereocenters. The number of carbonyl (C=O) groups excluding carboxylic acids is 1. The molecule has 1 aliphatic rings. The number of carbonyl (C=O) groups is 1. The Kier molecular flexibility index (Phi) is 4.65. The van der Waals surface area contributed by atoms with Gasteiger partial charge >= 0.3 is 13.1 Å². The Labute approximate surface area is 132 Å². The van der Waals surface area contributed by atoms with Gasteiger partial charge in [0.05, 0.1) is 18.3 Å². The predicted octanol–water partition coefficient (Wildman–Crippen LogP) is 1.90. The Morgan fingerprint density at radius 2 is 1.86 bits per heavy atom. The zero-order valence-electron chi connectivity index (χ0n) is 13.7. The van der Waals surface area contributed by atoms with Crippen LogP contribution in [0.5, 0.6) is 0 Å². The van der Waals surface area contributed by atoms with Crippen molar-refractivity contribution in [2.45, 2.75) is 45.3 Å². The van der Waals surface area contributed by atoms with E-state index in [1.54, 1.807) is 0 Å². The Morgan fingerprint density at radius 3 is 2.45 bits per heavy atom. The summed E-state index contributed by atoms with van der Waals surface area (Å²) in [5.74, 6) is 5.41. The molecule has 0 bridgehead atoms. The first-order valence-corrected chi connectivity index (χ1v) is 7.26. The van der Waals surface area contributed by atoms with Gasteiger partial charge in [-0.05, 0) is 45.3 Å². The number of methoxy groups -OCH3 is 1. The standard InChI is InChI=1S/C17H21BO4/c1-16(2)17(3,4)22-18(21-16)14-10-6-8-13(12-14)9-7-11-15(19)20-5/h6,8,10,12H,11H2,1-5H3. The summed E-state index contributed by atoms with van der Waals surface area (Å²) in [6.07, 6.45) is 0.0806. The molecule has 1 aliphatic heterocycles. The zero-order chi connectivity index (χ0) is 16.4. The molecule has 1 aromatic rings. The summed E-state index contributed by atoms with van der Waals surface area (Å²) < 4.78 is 16.6. The highest BCUT2D eigenvalue weighted by atomic mass is 16.7. The van der Waals surface area contributed by atoms with Gasteiger partial charge in [-0.2, -0.15) is 0 Å². The van der Waals surface area contributed by atoms with E-state index in [1.165, 1.54) is 7.11 Å². The molecule has 0 N–H and O–H groups in total. The molecule has 5 heteroatoms. The van der Waals surface area contributed by atoms with Gasteiger partial charge in [0.15, 0.2) is 0 Å². The topological polar surface area (TPSA) is 44.8 Å². The number of hydrogen-bond acceptors (Lipinski definition) is 4. The molecule has 0 radical (unpaired) electrons. The van der Waals surface area contributed by atoms with Crippen molar-refractivity contribution >= 4 is 18.6 Å². The smallest absolute Gasteiger partial charge is 0.468 e. The summed E-state index contributed by atoms with van der Waals surface area (Å²) in [4.78, 5) is 11.1. The van der Waals surface area contributed by atoms with Gasteiger partial charge in [0.1, 0.15) is 6.42 Å². The van der Waals surface area contributed by atoms with E-state index < -0.39 is 7.12 Å². The van der Waals surface area contributed by atoms with Gasteiger partial charge in [0, 0.05) is 5.56 Å². The van der Waals surface area contributed by atoms with E-state index in [9.17, 15) is 4.79 Å². The molecule has 0 amide bonds. The monoisotopic (exact) mass is 300 g/mol. The van der Waals surface area contributed by atoms with Gasteiger partial charge in [-0.3, -0.25) is 4.79 Å².